The van der Waals surface area contributed by atoms with Crippen molar-refractivity contribution in [1.29, 1.82) is 0 Å². The molecule has 0 fully saturated rings. The molecule has 0 unspecified atom stereocenters. The lowest BCUT2D eigenvalue weighted by Crippen LogP contribution is -2.31. The van der Waals surface area contributed by atoms with Gasteiger partial charge in [-0.3, -0.25) is 14.7 Å². The van der Waals surface area contributed by atoms with E-state index >= 15 is 0 Å². The Labute approximate surface area is 130 Å². The summed E-state index contributed by atoms with van der Waals surface area (Å²) in [7, 11) is 0. The predicted molar refractivity (Wildman–Crippen MR) is 85.7 cm³/mol. The van der Waals surface area contributed by atoms with Crippen LogP contribution >= 0.6 is 11.6 Å². The first kappa shape index (κ1) is 15.8. The maximum Gasteiger partial charge on any atom is 0.322 e. The molecule has 5 heteroatoms. The van der Waals surface area contributed by atoms with Crippen molar-refractivity contribution in [3.8, 4) is 5.75 Å². The molecule has 0 N–H and O–H groups in total. The number of hydrogen-bond acceptors (Lipinski definition) is 3. The molecule has 4 nitrogen and oxygen atoms in total. The first-order valence-corrected chi connectivity index (χ1v) is 7.51. The Morgan fingerprint density at radius 2 is 2.14 bits per heavy atom. The molecule has 0 saturated carbocycles. The van der Waals surface area contributed by atoms with Crippen molar-refractivity contribution in [1.82, 2.24) is 4.90 Å². The molecule has 0 radical (unpaired) electrons. The van der Waals surface area contributed by atoms with Crippen molar-refractivity contribution in [2.45, 2.75) is 33.1 Å². The molecule has 114 valence electrons. The van der Waals surface area contributed by atoms with Crippen LogP contribution in [0.2, 0.25) is 0 Å². The van der Waals surface area contributed by atoms with E-state index in [0.29, 0.717) is 25.5 Å². The van der Waals surface area contributed by atoms with E-state index in [0.717, 1.165) is 11.3 Å². The van der Waals surface area contributed by atoms with Gasteiger partial charge in [0.25, 0.3) is 0 Å². The lowest BCUT2D eigenvalue weighted by molar-refractivity contribution is 0.245. The van der Waals surface area contributed by atoms with Crippen molar-refractivity contribution in [3.63, 3.8) is 0 Å². The van der Waals surface area contributed by atoms with Crippen LogP contribution in [-0.2, 0) is 5.41 Å². The summed E-state index contributed by atoms with van der Waals surface area (Å²) >= 11 is 5.63. The summed E-state index contributed by atoms with van der Waals surface area (Å²) in [5.41, 5.74) is 2.03. The number of benzene rings is 1. The van der Waals surface area contributed by atoms with Crippen molar-refractivity contribution >= 4 is 22.8 Å². The molecule has 0 aliphatic carbocycles. The van der Waals surface area contributed by atoms with E-state index in [9.17, 15) is 4.79 Å². The molecule has 1 aliphatic rings. The SMILES string of the molecule is CCOc1cc(C(C)(C)C)ccc1C1=NCCN1C(=O)Cl. The van der Waals surface area contributed by atoms with Crippen LogP contribution in [0.5, 0.6) is 5.75 Å². The smallest absolute Gasteiger partial charge is 0.322 e. The Morgan fingerprint density at radius 3 is 2.71 bits per heavy atom. The number of halogens is 1. The molecular formula is C16H21ClN2O2. The van der Waals surface area contributed by atoms with Crippen LogP contribution in [0.25, 0.3) is 0 Å². The maximum atomic E-state index is 11.5. The van der Waals surface area contributed by atoms with Gasteiger partial charge < -0.3 is 4.74 Å². The highest BCUT2D eigenvalue weighted by Gasteiger charge is 2.27. The Morgan fingerprint density at radius 1 is 1.43 bits per heavy atom. The largest absolute Gasteiger partial charge is 0.493 e. The molecule has 1 aromatic rings. The van der Waals surface area contributed by atoms with Gasteiger partial charge in [0.05, 0.1) is 18.7 Å². The van der Waals surface area contributed by atoms with E-state index in [-0.39, 0.29) is 5.41 Å². The summed E-state index contributed by atoms with van der Waals surface area (Å²) in [5, 5.41) is -0.506. The van der Waals surface area contributed by atoms with Crippen LogP contribution < -0.4 is 4.74 Å². The van der Waals surface area contributed by atoms with Gasteiger partial charge in [-0.1, -0.05) is 26.8 Å². The average molecular weight is 309 g/mol. The predicted octanol–water partition coefficient (Wildman–Crippen LogP) is 3.80. The summed E-state index contributed by atoms with van der Waals surface area (Å²) in [6, 6.07) is 6.04. The molecule has 1 aromatic carbocycles. The Kier molecular flexibility index (Phi) is 4.57. The zero-order chi connectivity index (χ0) is 15.6. The highest BCUT2D eigenvalue weighted by atomic mass is 35.5. The Bertz CT molecular complexity index is 576. The normalized spacial score (nSPS) is 15.1. The molecular weight excluding hydrogens is 288 g/mol. The number of aliphatic imine (C=N–C) groups is 1. The van der Waals surface area contributed by atoms with Crippen LogP contribution in [0.3, 0.4) is 0 Å². The number of ether oxygens (including phenoxy) is 1. The van der Waals surface area contributed by atoms with Gasteiger partial charge >= 0.3 is 5.37 Å². The van der Waals surface area contributed by atoms with Crippen molar-refractivity contribution in [3.05, 3.63) is 29.3 Å². The van der Waals surface area contributed by atoms with Crippen LogP contribution in [0.4, 0.5) is 4.79 Å². The number of nitrogens with zero attached hydrogens (tertiary/aromatic N) is 2. The second kappa shape index (κ2) is 6.06. The fraction of sp³-hybridized carbons (Fsp3) is 0.500. The number of amides is 1. The number of carbonyl (C=O) groups excluding carboxylic acids is 1. The third-order valence-corrected chi connectivity index (χ3v) is 3.65. The number of carbonyl (C=O) groups is 1. The Hall–Kier alpha value is -1.55. The second-order valence-corrected chi connectivity index (χ2v) is 6.33. The van der Waals surface area contributed by atoms with Crippen LogP contribution in [-0.4, -0.2) is 35.8 Å². The van der Waals surface area contributed by atoms with E-state index in [1.54, 1.807) is 0 Å². The van der Waals surface area contributed by atoms with Gasteiger partial charge in [-0.2, -0.15) is 0 Å². The molecule has 0 spiro atoms. The second-order valence-electron chi connectivity index (χ2n) is 6.00. The van der Waals surface area contributed by atoms with Gasteiger partial charge in [-0.05, 0) is 41.6 Å². The zero-order valence-electron chi connectivity index (χ0n) is 12.9. The van der Waals surface area contributed by atoms with Crippen LogP contribution in [0.15, 0.2) is 23.2 Å². The minimum Gasteiger partial charge on any atom is -0.493 e. The fourth-order valence-electron chi connectivity index (χ4n) is 2.30. The summed E-state index contributed by atoms with van der Waals surface area (Å²) in [4.78, 5) is 17.4. The molecule has 0 atom stereocenters. The highest BCUT2D eigenvalue weighted by Crippen LogP contribution is 2.30. The van der Waals surface area contributed by atoms with Gasteiger partial charge in [-0.25, -0.2) is 0 Å². The molecule has 1 amide bonds. The Balaban J connectivity index is 2.46. The summed E-state index contributed by atoms with van der Waals surface area (Å²) in [6.07, 6.45) is 0. The van der Waals surface area contributed by atoms with Gasteiger partial charge in [0, 0.05) is 6.54 Å². The van der Waals surface area contributed by atoms with Crippen molar-refractivity contribution < 1.29 is 9.53 Å². The maximum absolute atomic E-state index is 11.5. The number of amidine groups is 1. The van der Waals surface area contributed by atoms with Crippen LogP contribution in [0.1, 0.15) is 38.8 Å². The van der Waals surface area contributed by atoms with Gasteiger partial charge in [0.1, 0.15) is 11.6 Å². The standard InChI is InChI=1S/C16H21ClN2O2/c1-5-21-13-10-11(16(2,3)4)6-7-12(13)14-18-8-9-19(14)15(17)20/h6-7,10H,5,8-9H2,1-4H3. The fourth-order valence-corrected chi connectivity index (χ4v) is 2.46. The van der Waals surface area contributed by atoms with E-state index in [4.69, 9.17) is 16.3 Å². The van der Waals surface area contributed by atoms with Gasteiger partial charge in [-0.15, -0.1) is 0 Å². The van der Waals surface area contributed by atoms with Crippen LogP contribution in [0, 0.1) is 0 Å². The minimum absolute atomic E-state index is 0.0316. The molecule has 0 aromatic heterocycles. The number of rotatable bonds is 3. The molecule has 1 heterocycles. The topological polar surface area (TPSA) is 41.9 Å². The van der Waals surface area contributed by atoms with Gasteiger partial charge in [0.15, 0.2) is 0 Å². The molecule has 2 rings (SSSR count). The first-order chi connectivity index (χ1) is 9.84. The van der Waals surface area contributed by atoms with E-state index in [2.05, 4.69) is 31.8 Å². The zero-order valence-corrected chi connectivity index (χ0v) is 13.7. The third-order valence-electron chi connectivity index (χ3n) is 3.44. The average Bonchev–Trinajstić information content (AvgIpc) is 2.87. The lowest BCUT2D eigenvalue weighted by Gasteiger charge is -2.23. The van der Waals surface area contributed by atoms with Crippen molar-refractivity contribution in [2.24, 2.45) is 4.99 Å². The summed E-state index contributed by atoms with van der Waals surface area (Å²) in [6.45, 7) is 10.0. The van der Waals surface area contributed by atoms with E-state index in [1.165, 1.54) is 10.5 Å². The molecule has 0 saturated heterocycles. The molecule has 1 aliphatic heterocycles. The summed E-state index contributed by atoms with van der Waals surface area (Å²) < 4.78 is 5.75. The number of hydrogen-bond donors (Lipinski definition) is 0. The highest BCUT2D eigenvalue weighted by molar-refractivity contribution is 6.64. The first-order valence-electron chi connectivity index (χ1n) is 7.13. The monoisotopic (exact) mass is 308 g/mol. The third kappa shape index (κ3) is 3.38. The quantitative estimate of drug-likeness (QED) is 0.629. The minimum atomic E-state index is -0.506. The van der Waals surface area contributed by atoms with E-state index in [1.807, 2.05) is 19.1 Å². The van der Waals surface area contributed by atoms with E-state index < -0.39 is 5.37 Å². The lowest BCUT2D eigenvalue weighted by atomic mass is 9.86. The van der Waals surface area contributed by atoms with Gasteiger partial charge in [0.2, 0.25) is 0 Å². The molecule has 0 bridgehead atoms. The van der Waals surface area contributed by atoms with Crippen molar-refractivity contribution in [2.75, 3.05) is 19.7 Å². The summed E-state index contributed by atoms with van der Waals surface area (Å²) in [5.74, 6) is 1.34. The molecule has 21 heavy (non-hydrogen) atoms.